The summed E-state index contributed by atoms with van der Waals surface area (Å²) in [6.07, 6.45) is 0.751. The standard InChI is InChI=1S/C17H22N2O4S/c1-18-11-17(23-10-15(18)21)6-7-19(12-17)16(22)13-2-4-14(5-3-13)24-9-8-20/h2-5,20H,6-12H2,1H3/t17-/m1/s1. The van der Waals surface area contributed by atoms with Gasteiger partial charge >= 0.3 is 0 Å². The molecule has 2 fully saturated rings. The molecule has 2 aliphatic rings. The van der Waals surface area contributed by atoms with Crippen molar-refractivity contribution in [2.45, 2.75) is 16.9 Å². The van der Waals surface area contributed by atoms with Crippen molar-refractivity contribution in [3.05, 3.63) is 29.8 Å². The van der Waals surface area contributed by atoms with Gasteiger partial charge in [-0.25, -0.2) is 0 Å². The molecule has 1 spiro atoms. The first-order chi connectivity index (χ1) is 11.5. The second-order valence-electron chi connectivity index (χ2n) is 6.29. The SMILES string of the molecule is CN1C[C@@]2(CCN(C(=O)c3ccc(SCCO)cc3)C2)OCC1=O. The number of ether oxygens (including phenoxy) is 1. The predicted molar refractivity (Wildman–Crippen MR) is 91.1 cm³/mol. The molecule has 0 unspecified atom stereocenters. The van der Waals surface area contributed by atoms with Gasteiger partial charge in [-0.3, -0.25) is 9.59 Å². The second-order valence-corrected chi connectivity index (χ2v) is 7.46. The van der Waals surface area contributed by atoms with Crippen LogP contribution in [0.1, 0.15) is 16.8 Å². The lowest BCUT2D eigenvalue weighted by molar-refractivity contribution is -0.158. The molecule has 3 rings (SSSR count). The van der Waals surface area contributed by atoms with E-state index in [1.807, 2.05) is 24.3 Å². The Morgan fingerprint density at radius 2 is 2.08 bits per heavy atom. The number of aliphatic hydroxyl groups excluding tert-OH is 1. The number of aliphatic hydroxyl groups is 1. The van der Waals surface area contributed by atoms with Crippen LogP contribution in [0.15, 0.2) is 29.2 Å². The van der Waals surface area contributed by atoms with E-state index < -0.39 is 5.60 Å². The summed E-state index contributed by atoms with van der Waals surface area (Å²) in [5.74, 6) is 0.626. The fraction of sp³-hybridized carbons (Fsp3) is 0.529. The normalized spacial score (nSPS) is 24.0. The molecule has 1 aromatic rings. The quantitative estimate of drug-likeness (QED) is 0.815. The molecule has 0 bridgehead atoms. The number of hydrogen-bond donors (Lipinski definition) is 1. The third-order valence-electron chi connectivity index (χ3n) is 4.52. The molecule has 0 radical (unpaired) electrons. The number of morpholine rings is 1. The molecule has 0 aromatic heterocycles. The van der Waals surface area contributed by atoms with E-state index >= 15 is 0 Å². The van der Waals surface area contributed by atoms with Gasteiger partial charge in [0.05, 0.1) is 19.7 Å². The van der Waals surface area contributed by atoms with Crippen LogP contribution in [0.25, 0.3) is 0 Å². The van der Waals surface area contributed by atoms with Crippen molar-refractivity contribution >= 4 is 23.6 Å². The van der Waals surface area contributed by atoms with E-state index in [1.54, 1.807) is 28.6 Å². The molecule has 0 saturated carbocycles. The zero-order chi connectivity index (χ0) is 17.2. The van der Waals surface area contributed by atoms with Gasteiger partial charge in [0.2, 0.25) is 5.91 Å². The minimum Gasteiger partial charge on any atom is -0.396 e. The molecule has 130 valence electrons. The Balaban J connectivity index is 1.63. The van der Waals surface area contributed by atoms with Crippen LogP contribution in [0.5, 0.6) is 0 Å². The summed E-state index contributed by atoms with van der Waals surface area (Å²) in [5, 5.41) is 8.85. The number of hydrogen-bond acceptors (Lipinski definition) is 5. The molecule has 2 saturated heterocycles. The lowest BCUT2D eigenvalue weighted by atomic mass is 10.0. The average molecular weight is 350 g/mol. The number of carbonyl (C=O) groups excluding carboxylic acids is 2. The zero-order valence-electron chi connectivity index (χ0n) is 13.7. The highest BCUT2D eigenvalue weighted by Crippen LogP contribution is 2.30. The summed E-state index contributed by atoms with van der Waals surface area (Å²) < 4.78 is 5.78. The number of carbonyl (C=O) groups is 2. The second kappa shape index (κ2) is 7.13. The summed E-state index contributed by atoms with van der Waals surface area (Å²) in [6, 6.07) is 7.46. The minimum atomic E-state index is -0.421. The van der Waals surface area contributed by atoms with Gasteiger partial charge in [-0.15, -0.1) is 11.8 Å². The van der Waals surface area contributed by atoms with Crippen molar-refractivity contribution in [1.29, 1.82) is 0 Å². The van der Waals surface area contributed by atoms with Crippen LogP contribution in [0, 0.1) is 0 Å². The molecule has 6 nitrogen and oxygen atoms in total. The summed E-state index contributed by atoms with van der Waals surface area (Å²) in [5.41, 5.74) is 0.232. The van der Waals surface area contributed by atoms with E-state index in [0.717, 1.165) is 11.3 Å². The molecule has 1 aromatic carbocycles. The van der Waals surface area contributed by atoms with Gasteiger partial charge in [0.25, 0.3) is 5.91 Å². The van der Waals surface area contributed by atoms with Gasteiger partial charge in [-0.1, -0.05) is 0 Å². The molecule has 7 heteroatoms. The largest absolute Gasteiger partial charge is 0.396 e. The minimum absolute atomic E-state index is 0.00580. The summed E-state index contributed by atoms with van der Waals surface area (Å²) in [6.45, 7) is 1.92. The molecule has 1 atom stereocenters. The molecule has 2 heterocycles. The predicted octanol–water partition coefficient (Wildman–Crippen LogP) is 0.844. The molecular weight excluding hydrogens is 328 g/mol. The number of rotatable bonds is 4. The topological polar surface area (TPSA) is 70.1 Å². The Hall–Kier alpha value is -1.57. The zero-order valence-corrected chi connectivity index (χ0v) is 14.6. The molecule has 0 aliphatic carbocycles. The number of thioether (sulfide) groups is 1. The van der Waals surface area contributed by atoms with Crippen molar-refractivity contribution in [2.75, 3.05) is 45.6 Å². The lowest BCUT2D eigenvalue weighted by Gasteiger charge is -2.38. The van der Waals surface area contributed by atoms with Gasteiger partial charge in [0, 0.05) is 29.8 Å². The number of likely N-dealkylation sites (N-methyl/N-ethyl adjacent to an activating group) is 1. The number of likely N-dealkylation sites (tertiary alicyclic amines) is 1. The highest BCUT2D eigenvalue weighted by atomic mass is 32.2. The first-order valence-corrected chi connectivity index (χ1v) is 9.02. The maximum absolute atomic E-state index is 12.7. The molecule has 2 aliphatic heterocycles. The summed E-state index contributed by atoms with van der Waals surface area (Å²) in [4.78, 5) is 28.8. The molecular formula is C17H22N2O4S. The van der Waals surface area contributed by atoms with E-state index in [1.165, 1.54) is 0 Å². The summed E-state index contributed by atoms with van der Waals surface area (Å²) >= 11 is 1.56. The summed E-state index contributed by atoms with van der Waals surface area (Å²) in [7, 11) is 1.78. The van der Waals surface area contributed by atoms with Crippen LogP contribution < -0.4 is 0 Å². The number of nitrogens with zero attached hydrogens (tertiary/aromatic N) is 2. The van der Waals surface area contributed by atoms with Gasteiger partial charge < -0.3 is 19.6 Å². The number of benzene rings is 1. The Morgan fingerprint density at radius 1 is 1.33 bits per heavy atom. The Bertz CT molecular complexity index is 622. The highest BCUT2D eigenvalue weighted by molar-refractivity contribution is 7.99. The monoisotopic (exact) mass is 350 g/mol. The molecule has 24 heavy (non-hydrogen) atoms. The van der Waals surface area contributed by atoms with Crippen LogP contribution in [-0.2, 0) is 9.53 Å². The van der Waals surface area contributed by atoms with Crippen molar-refractivity contribution < 1.29 is 19.4 Å². The third kappa shape index (κ3) is 3.58. The van der Waals surface area contributed by atoms with Gasteiger partial charge in [-0.2, -0.15) is 0 Å². The smallest absolute Gasteiger partial charge is 0.253 e. The maximum Gasteiger partial charge on any atom is 0.253 e. The molecule has 2 amide bonds. The van der Waals surface area contributed by atoms with Crippen LogP contribution in [0.4, 0.5) is 0 Å². The van der Waals surface area contributed by atoms with Crippen LogP contribution >= 0.6 is 11.8 Å². The van der Waals surface area contributed by atoms with E-state index in [0.29, 0.717) is 31.0 Å². The van der Waals surface area contributed by atoms with Crippen molar-refractivity contribution in [2.24, 2.45) is 0 Å². The van der Waals surface area contributed by atoms with E-state index in [9.17, 15) is 9.59 Å². The third-order valence-corrected chi connectivity index (χ3v) is 5.51. The van der Waals surface area contributed by atoms with Crippen molar-refractivity contribution in [1.82, 2.24) is 9.80 Å². The Morgan fingerprint density at radius 3 is 2.75 bits per heavy atom. The van der Waals surface area contributed by atoms with Crippen molar-refractivity contribution in [3.8, 4) is 0 Å². The van der Waals surface area contributed by atoms with Crippen LogP contribution in [0.3, 0.4) is 0 Å². The first-order valence-electron chi connectivity index (χ1n) is 8.04. The average Bonchev–Trinajstić information content (AvgIpc) is 3.00. The first kappa shape index (κ1) is 17.3. The lowest BCUT2D eigenvalue weighted by Crippen LogP contribution is -2.54. The van der Waals surface area contributed by atoms with Gasteiger partial charge in [-0.05, 0) is 30.7 Å². The van der Waals surface area contributed by atoms with Gasteiger partial charge in [0.1, 0.15) is 12.2 Å². The van der Waals surface area contributed by atoms with Crippen LogP contribution in [-0.4, -0.2) is 78.0 Å². The van der Waals surface area contributed by atoms with Gasteiger partial charge in [0.15, 0.2) is 0 Å². The van der Waals surface area contributed by atoms with E-state index in [2.05, 4.69) is 0 Å². The fourth-order valence-electron chi connectivity index (χ4n) is 3.20. The maximum atomic E-state index is 12.7. The highest BCUT2D eigenvalue weighted by Gasteiger charge is 2.45. The van der Waals surface area contributed by atoms with Crippen molar-refractivity contribution in [3.63, 3.8) is 0 Å². The fourth-order valence-corrected chi connectivity index (χ4v) is 3.85. The van der Waals surface area contributed by atoms with E-state index in [4.69, 9.17) is 9.84 Å². The van der Waals surface area contributed by atoms with E-state index in [-0.39, 0.29) is 25.0 Å². The number of amides is 2. The molecule has 1 N–H and O–H groups in total. The Kier molecular flexibility index (Phi) is 5.12. The van der Waals surface area contributed by atoms with Crippen LogP contribution in [0.2, 0.25) is 0 Å². The Labute approximate surface area is 145 Å².